The smallest absolute Gasteiger partial charge is 0.465 e. The summed E-state index contributed by atoms with van der Waals surface area (Å²) in [7, 11) is 1.31. The lowest BCUT2D eigenvalue weighted by Gasteiger charge is -2.61. The van der Waals surface area contributed by atoms with Crippen LogP contribution >= 0.6 is 0 Å². The topological polar surface area (TPSA) is 62.7 Å². The highest BCUT2D eigenvalue weighted by atomic mass is 19.4. The Kier molecular flexibility index (Phi) is 8.55. The van der Waals surface area contributed by atoms with Gasteiger partial charge in [0.15, 0.2) is 0 Å². The molecule has 204 valence electrons. The van der Waals surface area contributed by atoms with Crippen LogP contribution in [0.15, 0.2) is 54.7 Å². The molecule has 1 aromatic carbocycles. The highest BCUT2D eigenvalue weighted by Gasteiger charge is 2.58. The van der Waals surface area contributed by atoms with E-state index in [4.69, 9.17) is 0 Å². The third-order valence-electron chi connectivity index (χ3n) is 7.24. The second-order valence-corrected chi connectivity index (χ2v) is 10.4. The van der Waals surface area contributed by atoms with E-state index in [1.165, 1.54) is 18.9 Å². The second-order valence-electron chi connectivity index (χ2n) is 10.4. The summed E-state index contributed by atoms with van der Waals surface area (Å²) >= 11 is 0. The molecule has 3 fully saturated rings. The van der Waals surface area contributed by atoms with Crippen LogP contribution in [-0.4, -0.2) is 65.1 Å². The van der Waals surface area contributed by atoms with Crippen molar-refractivity contribution in [1.29, 1.82) is 0 Å². The number of nitrogens with zero attached hydrogens (tertiary/aromatic N) is 3. The van der Waals surface area contributed by atoms with Gasteiger partial charge in [0.05, 0.1) is 18.4 Å². The van der Waals surface area contributed by atoms with E-state index >= 15 is 0 Å². The predicted molar refractivity (Wildman–Crippen MR) is 138 cm³/mol. The first kappa shape index (κ1) is 27.8. The van der Waals surface area contributed by atoms with E-state index in [1.807, 2.05) is 6.07 Å². The lowest BCUT2D eigenvalue weighted by Crippen LogP contribution is -2.67. The van der Waals surface area contributed by atoms with Gasteiger partial charge in [0.2, 0.25) is 0 Å². The Morgan fingerprint density at radius 1 is 1.11 bits per heavy atom. The summed E-state index contributed by atoms with van der Waals surface area (Å²) in [5.41, 5.74) is 2.52. The Morgan fingerprint density at radius 3 is 2.32 bits per heavy atom. The van der Waals surface area contributed by atoms with Gasteiger partial charge in [-0.3, -0.25) is 14.7 Å². The zero-order chi connectivity index (χ0) is 27.3. The van der Waals surface area contributed by atoms with Gasteiger partial charge in [0.1, 0.15) is 0 Å². The van der Waals surface area contributed by atoms with Crippen LogP contribution in [0.3, 0.4) is 0 Å². The van der Waals surface area contributed by atoms with E-state index in [0.29, 0.717) is 37.8 Å². The van der Waals surface area contributed by atoms with Gasteiger partial charge in [-0.1, -0.05) is 49.4 Å². The van der Waals surface area contributed by atoms with Crippen LogP contribution in [0.4, 0.5) is 13.2 Å². The number of aromatic nitrogens is 1. The van der Waals surface area contributed by atoms with Crippen molar-refractivity contribution in [2.24, 2.45) is 5.41 Å². The normalized spacial score (nSPS) is 18.8. The Morgan fingerprint density at radius 2 is 1.79 bits per heavy atom. The number of carbonyl (C=O) groups is 2. The summed E-state index contributed by atoms with van der Waals surface area (Å²) in [6, 6.07) is 13.3. The molecule has 5 rings (SSSR count). The van der Waals surface area contributed by atoms with Crippen LogP contribution in [0.2, 0.25) is 0 Å². The van der Waals surface area contributed by atoms with E-state index < -0.39 is 18.1 Å². The summed E-state index contributed by atoms with van der Waals surface area (Å²) in [6.45, 7) is 4.35. The van der Waals surface area contributed by atoms with Gasteiger partial charge in [-0.25, -0.2) is 4.79 Å². The fourth-order valence-corrected chi connectivity index (χ4v) is 5.34. The van der Waals surface area contributed by atoms with Gasteiger partial charge in [0.25, 0.3) is 0 Å². The van der Waals surface area contributed by atoms with Gasteiger partial charge in [-0.15, -0.1) is 0 Å². The molecule has 0 radical (unpaired) electrons. The van der Waals surface area contributed by atoms with Crippen molar-refractivity contribution < 1.29 is 27.5 Å². The molecule has 0 N–H and O–H groups in total. The number of amides is 1. The lowest BCUT2D eigenvalue weighted by atomic mass is 9.60. The lowest BCUT2D eigenvalue weighted by molar-refractivity contribution is -0.197. The average Bonchev–Trinajstić information content (AvgIpc) is 3.70. The standard InChI is InChI=1S/C19H22F3N3O3.C10H12/c1-28-16(26)12-2-3-13(23-8-12)9-24-10-18(11-24)6-15(7-18)25(14-4-5-14)17(27)19(20,21)22;1-2-3-7-10-8-5-4-6-9-10/h2-3,8,14-15H,4-7,9-11H2,1H3;3-9H,2H2,1H3/b;7-3-. The average molecular weight is 530 g/mol. The van der Waals surface area contributed by atoms with Crippen molar-refractivity contribution in [1.82, 2.24) is 14.8 Å². The number of methoxy groups -OCH3 is 1. The molecular weight excluding hydrogens is 495 g/mol. The number of hydrogen-bond acceptors (Lipinski definition) is 5. The molecule has 0 unspecified atom stereocenters. The number of benzene rings is 1. The van der Waals surface area contributed by atoms with Crippen molar-refractivity contribution in [2.45, 2.75) is 63.8 Å². The molecule has 9 heteroatoms. The first-order valence-electron chi connectivity index (χ1n) is 13.0. The minimum absolute atomic E-state index is 0.0235. The largest absolute Gasteiger partial charge is 0.471 e. The first-order valence-corrected chi connectivity index (χ1v) is 13.0. The number of likely N-dealkylation sites (tertiary alicyclic amines) is 1. The Hall–Kier alpha value is -3.20. The number of hydrogen-bond donors (Lipinski definition) is 0. The molecule has 1 aliphatic heterocycles. The number of pyridine rings is 1. The Labute approximate surface area is 221 Å². The summed E-state index contributed by atoms with van der Waals surface area (Å²) in [5, 5.41) is 0. The van der Waals surface area contributed by atoms with Gasteiger partial charge in [0, 0.05) is 37.9 Å². The number of rotatable bonds is 7. The first-order chi connectivity index (χ1) is 18.1. The molecular formula is C29H34F3N3O3. The van der Waals surface area contributed by atoms with Gasteiger partial charge < -0.3 is 9.64 Å². The SMILES string of the molecule is CC/C=C\c1ccccc1.COC(=O)c1ccc(CN2CC3(CC(N(C(=O)C(F)(F)F)C4CC4)C3)C2)nc1. The van der Waals surface area contributed by atoms with Crippen molar-refractivity contribution in [3.63, 3.8) is 0 Å². The van der Waals surface area contributed by atoms with Crippen LogP contribution in [0.5, 0.6) is 0 Å². The predicted octanol–water partition coefficient (Wildman–Crippen LogP) is 5.50. The van der Waals surface area contributed by atoms with Gasteiger partial charge in [-0.2, -0.15) is 13.2 Å². The summed E-state index contributed by atoms with van der Waals surface area (Å²) in [5.74, 6) is -2.11. The molecule has 38 heavy (non-hydrogen) atoms. The zero-order valence-corrected chi connectivity index (χ0v) is 21.8. The van der Waals surface area contributed by atoms with Crippen LogP contribution in [0.25, 0.3) is 6.08 Å². The number of allylic oxidation sites excluding steroid dienone is 1. The minimum Gasteiger partial charge on any atom is -0.465 e. The third-order valence-corrected chi connectivity index (χ3v) is 7.24. The fourth-order valence-electron chi connectivity index (χ4n) is 5.34. The number of carbonyl (C=O) groups excluding carboxylic acids is 2. The Bertz CT molecular complexity index is 1120. The van der Waals surface area contributed by atoms with E-state index in [2.05, 4.69) is 58.0 Å². The molecule has 2 heterocycles. The van der Waals surface area contributed by atoms with E-state index in [0.717, 1.165) is 30.1 Å². The molecule has 0 atom stereocenters. The van der Waals surface area contributed by atoms with Crippen molar-refractivity contribution >= 4 is 18.0 Å². The molecule has 1 saturated heterocycles. The maximum Gasteiger partial charge on any atom is 0.471 e. The van der Waals surface area contributed by atoms with Crippen molar-refractivity contribution in [3.8, 4) is 0 Å². The maximum atomic E-state index is 12.9. The molecule has 1 spiro atoms. The third kappa shape index (κ3) is 6.81. The number of halogens is 3. The van der Waals surface area contributed by atoms with Crippen molar-refractivity contribution in [2.75, 3.05) is 20.2 Å². The monoisotopic (exact) mass is 529 g/mol. The van der Waals surface area contributed by atoms with E-state index in [-0.39, 0.29) is 17.5 Å². The zero-order valence-electron chi connectivity index (χ0n) is 21.8. The number of alkyl halides is 3. The van der Waals surface area contributed by atoms with E-state index in [1.54, 1.807) is 12.1 Å². The molecule has 6 nitrogen and oxygen atoms in total. The van der Waals surface area contributed by atoms with Crippen molar-refractivity contribution in [3.05, 3.63) is 71.6 Å². The van der Waals surface area contributed by atoms with Crippen LogP contribution in [0.1, 0.15) is 60.6 Å². The molecule has 0 bridgehead atoms. The molecule has 2 aliphatic carbocycles. The molecule has 1 amide bonds. The van der Waals surface area contributed by atoms with Crippen LogP contribution < -0.4 is 0 Å². The molecule has 3 aliphatic rings. The highest BCUT2D eigenvalue weighted by Crippen LogP contribution is 2.52. The number of esters is 1. The van der Waals surface area contributed by atoms with Gasteiger partial charge >= 0.3 is 18.1 Å². The molecule has 2 saturated carbocycles. The fraction of sp³-hybridized carbons (Fsp3) is 0.483. The number of ether oxygens (including phenoxy) is 1. The summed E-state index contributed by atoms with van der Waals surface area (Å²) < 4.78 is 43.2. The van der Waals surface area contributed by atoms with Gasteiger partial charge in [-0.05, 0) is 55.2 Å². The molecule has 2 aromatic rings. The second kappa shape index (κ2) is 11.7. The Balaban J connectivity index is 0.000000283. The summed E-state index contributed by atoms with van der Waals surface area (Å²) in [6.07, 6.45) is 4.71. The quantitative estimate of drug-likeness (QED) is 0.444. The maximum absolute atomic E-state index is 12.9. The van der Waals surface area contributed by atoms with E-state index in [9.17, 15) is 22.8 Å². The van der Waals surface area contributed by atoms with Crippen LogP contribution in [-0.2, 0) is 16.1 Å². The summed E-state index contributed by atoms with van der Waals surface area (Å²) in [4.78, 5) is 30.7. The highest BCUT2D eigenvalue weighted by molar-refractivity contribution is 5.88. The van der Waals surface area contributed by atoms with Crippen LogP contribution in [0, 0.1) is 5.41 Å². The minimum atomic E-state index is -4.79. The molecule has 1 aromatic heterocycles.